The molecule has 0 saturated carbocycles. The minimum Gasteiger partial charge on any atom is -0.493 e. The van der Waals surface area contributed by atoms with Crippen LogP contribution in [0.1, 0.15) is 23.2 Å². The van der Waals surface area contributed by atoms with Gasteiger partial charge in [-0.1, -0.05) is 0 Å². The van der Waals surface area contributed by atoms with Crippen molar-refractivity contribution in [3.63, 3.8) is 0 Å². The van der Waals surface area contributed by atoms with Gasteiger partial charge in [-0.3, -0.25) is 0 Å². The number of ether oxygens (including phenoxy) is 2. The highest BCUT2D eigenvalue weighted by Gasteiger charge is 2.13. The number of benzene rings is 1. The lowest BCUT2D eigenvalue weighted by molar-refractivity contribution is 0.0600. The average Bonchev–Trinajstić information content (AvgIpc) is 2.46. The molecule has 1 fully saturated rings. The third-order valence-corrected chi connectivity index (χ3v) is 3.16. The first-order valence-corrected chi connectivity index (χ1v) is 6.31. The van der Waals surface area contributed by atoms with Crippen LogP contribution in [-0.4, -0.2) is 32.8 Å². The smallest absolute Gasteiger partial charge is 0.337 e. The lowest BCUT2D eigenvalue weighted by Crippen LogP contribution is -2.33. The van der Waals surface area contributed by atoms with E-state index in [-0.39, 0.29) is 18.4 Å². The largest absolute Gasteiger partial charge is 0.493 e. The summed E-state index contributed by atoms with van der Waals surface area (Å²) < 4.78 is 10.4. The number of carbonyl (C=O) groups is 1. The number of rotatable bonds is 4. The third kappa shape index (κ3) is 4.73. The van der Waals surface area contributed by atoms with E-state index in [1.165, 1.54) is 20.0 Å². The zero-order valence-corrected chi connectivity index (χ0v) is 11.9. The average molecular weight is 286 g/mol. The van der Waals surface area contributed by atoms with Gasteiger partial charge in [0, 0.05) is 12.5 Å². The summed E-state index contributed by atoms with van der Waals surface area (Å²) in [5.74, 6) is 1.06. The molecule has 0 spiro atoms. The molecule has 0 bridgehead atoms. The van der Waals surface area contributed by atoms with Gasteiger partial charge in [-0.25, -0.2) is 4.79 Å². The predicted molar refractivity (Wildman–Crippen MR) is 76.1 cm³/mol. The predicted octanol–water partition coefficient (Wildman–Crippen LogP) is 2.27. The highest BCUT2D eigenvalue weighted by atomic mass is 35.5. The van der Waals surface area contributed by atoms with Crippen LogP contribution < -0.4 is 10.1 Å². The van der Waals surface area contributed by atoms with Crippen molar-refractivity contribution in [2.45, 2.75) is 12.8 Å². The quantitative estimate of drug-likeness (QED) is 0.862. The number of hydrogen-bond donors (Lipinski definition) is 1. The van der Waals surface area contributed by atoms with E-state index in [4.69, 9.17) is 4.74 Å². The monoisotopic (exact) mass is 285 g/mol. The van der Waals surface area contributed by atoms with Crippen molar-refractivity contribution >= 4 is 18.4 Å². The van der Waals surface area contributed by atoms with Gasteiger partial charge < -0.3 is 14.8 Å². The zero-order chi connectivity index (χ0) is 12.8. The molecule has 106 valence electrons. The van der Waals surface area contributed by atoms with E-state index in [1.54, 1.807) is 12.1 Å². The van der Waals surface area contributed by atoms with Crippen LogP contribution >= 0.6 is 12.4 Å². The molecule has 0 aliphatic carbocycles. The Kier molecular flexibility index (Phi) is 6.67. The molecule has 0 aromatic heterocycles. The number of hydrogen-bond acceptors (Lipinski definition) is 4. The summed E-state index contributed by atoms with van der Waals surface area (Å²) in [7, 11) is 1.38. The summed E-state index contributed by atoms with van der Waals surface area (Å²) in [5.41, 5.74) is 0.546. The van der Waals surface area contributed by atoms with E-state index in [0.29, 0.717) is 11.5 Å². The Morgan fingerprint density at radius 2 is 2.11 bits per heavy atom. The van der Waals surface area contributed by atoms with Gasteiger partial charge in [0.1, 0.15) is 5.75 Å². The molecular formula is C14H20ClNO3. The molecule has 1 saturated heterocycles. The maximum atomic E-state index is 11.3. The number of halogens is 1. The lowest BCUT2D eigenvalue weighted by atomic mass is 10.0. The number of nitrogens with one attached hydrogen (secondary N) is 1. The summed E-state index contributed by atoms with van der Waals surface area (Å²) in [4.78, 5) is 11.3. The minimum atomic E-state index is -0.321. The number of methoxy groups -OCH3 is 1. The fourth-order valence-corrected chi connectivity index (χ4v) is 2.09. The Bertz CT molecular complexity index is 388. The van der Waals surface area contributed by atoms with Crippen LogP contribution in [0.3, 0.4) is 0 Å². The Morgan fingerprint density at radius 1 is 1.37 bits per heavy atom. The first-order valence-electron chi connectivity index (χ1n) is 6.31. The van der Waals surface area contributed by atoms with Crippen LogP contribution in [0.5, 0.6) is 5.75 Å². The molecule has 1 heterocycles. The molecule has 1 N–H and O–H groups in total. The molecule has 4 nitrogen and oxygen atoms in total. The highest BCUT2D eigenvalue weighted by molar-refractivity contribution is 5.89. The number of carbonyl (C=O) groups excluding carboxylic acids is 1. The summed E-state index contributed by atoms with van der Waals surface area (Å²) >= 11 is 0. The van der Waals surface area contributed by atoms with Crippen molar-refractivity contribution in [3.8, 4) is 5.75 Å². The summed E-state index contributed by atoms with van der Waals surface area (Å²) in [5, 5.41) is 3.36. The first-order chi connectivity index (χ1) is 8.79. The number of esters is 1. The summed E-state index contributed by atoms with van der Waals surface area (Å²) in [6.45, 7) is 2.87. The number of piperidine rings is 1. The Balaban J connectivity index is 0.00000180. The standard InChI is InChI=1S/C14H19NO3.ClH/c1-17-14(16)12-4-6-13(7-5-12)18-10-11-3-2-8-15-9-11;/h4-7,11,15H,2-3,8-10H2,1H3;1H. The fraction of sp³-hybridized carbons (Fsp3) is 0.500. The highest BCUT2D eigenvalue weighted by Crippen LogP contribution is 2.16. The third-order valence-electron chi connectivity index (χ3n) is 3.16. The van der Waals surface area contributed by atoms with Crippen molar-refractivity contribution in [1.82, 2.24) is 5.32 Å². The van der Waals surface area contributed by atoms with E-state index in [9.17, 15) is 4.79 Å². The van der Waals surface area contributed by atoms with Gasteiger partial charge in [0.2, 0.25) is 0 Å². The fourth-order valence-electron chi connectivity index (χ4n) is 2.09. The SMILES string of the molecule is COC(=O)c1ccc(OCC2CCCNC2)cc1.Cl. The van der Waals surface area contributed by atoms with E-state index in [2.05, 4.69) is 10.1 Å². The maximum absolute atomic E-state index is 11.3. The summed E-state index contributed by atoms with van der Waals surface area (Å²) in [6.07, 6.45) is 2.43. The normalized spacial score (nSPS) is 18.3. The van der Waals surface area contributed by atoms with Gasteiger partial charge in [-0.2, -0.15) is 0 Å². The molecule has 1 aliphatic heterocycles. The van der Waals surface area contributed by atoms with Crippen molar-refractivity contribution in [3.05, 3.63) is 29.8 Å². The van der Waals surface area contributed by atoms with Gasteiger partial charge in [0.05, 0.1) is 19.3 Å². The van der Waals surface area contributed by atoms with E-state index < -0.39 is 0 Å². The summed E-state index contributed by atoms with van der Waals surface area (Å²) in [6, 6.07) is 7.06. The molecular weight excluding hydrogens is 266 g/mol. The Morgan fingerprint density at radius 3 is 2.68 bits per heavy atom. The second-order valence-electron chi connectivity index (χ2n) is 4.54. The van der Waals surface area contributed by atoms with Crippen LogP contribution in [0.2, 0.25) is 0 Å². The van der Waals surface area contributed by atoms with Crippen LogP contribution in [0.15, 0.2) is 24.3 Å². The molecule has 0 amide bonds. The van der Waals surface area contributed by atoms with Crippen molar-refractivity contribution in [2.24, 2.45) is 5.92 Å². The lowest BCUT2D eigenvalue weighted by Gasteiger charge is -2.22. The Hall–Kier alpha value is -1.26. The van der Waals surface area contributed by atoms with Gasteiger partial charge in [-0.15, -0.1) is 12.4 Å². The van der Waals surface area contributed by atoms with Crippen molar-refractivity contribution in [1.29, 1.82) is 0 Å². The second kappa shape index (κ2) is 8.02. The van der Waals surface area contributed by atoms with Crippen molar-refractivity contribution < 1.29 is 14.3 Å². The van der Waals surface area contributed by atoms with Crippen LogP contribution in [-0.2, 0) is 4.74 Å². The second-order valence-corrected chi connectivity index (χ2v) is 4.54. The van der Waals surface area contributed by atoms with Crippen LogP contribution in [0.25, 0.3) is 0 Å². The molecule has 1 unspecified atom stereocenters. The molecule has 5 heteroatoms. The Labute approximate surface area is 119 Å². The topological polar surface area (TPSA) is 47.6 Å². The van der Waals surface area contributed by atoms with Crippen LogP contribution in [0, 0.1) is 5.92 Å². The first kappa shape index (κ1) is 15.8. The van der Waals surface area contributed by atoms with Gasteiger partial charge >= 0.3 is 5.97 Å². The van der Waals surface area contributed by atoms with E-state index in [1.807, 2.05) is 12.1 Å². The molecule has 1 atom stereocenters. The molecule has 1 aromatic rings. The molecule has 1 aliphatic rings. The molecule has 2 rings (SSSR count). The van der Waals surface area contributed by atoms with E-state index in [0.717, 1.165) is 25.4 Å². The van der Waals surface area contributed by atoms with Crippen molar-refractivity contribution in [2.75, 3.05) is 26.8 Å². The molecule has 19 heavy (non-hydrogen) atoms. The molecule has 1 aromatic carbocycles. The van der Waals surface area contributed by atoms with Gasteiger partial charge in [-0.05, 0) is 43.7 Å². The van der Waals surface area contributed by atoms with Gasteiger partial charge in [0.15, 0.2) is 0 Å². The maximum Gasteiger partial charge on any atom is 0.337 e. The van der Waals surface area contributed by atoms with E-state index >= 15 is 0 Å². The molecule has 0 radical (unpaired) electrons. The zero-order valence-electron chi connectivity index (χ0n) is 11.1. The van der Waals surface area contributed by atoms with Crippen LogP contribution in [0.4, 0.5) is 0 Å². The van der Waals surface area contributed by atoms with Gasteiger partial charge in [0.25, 0.3) is 0 Å². The minimum absolute atomic E-state index is 0.